The lowest BCUT2D eigenvalue weighted by molar-refractivity contribution is 0.0601. The van der Waals surface area contributed by atoms with Gasteiger partial charge in [-0.3, -0.25) is 9.30 Å². The van der Waals surface area contributed by atoms with E-state index in [0.29, 0.717) is 17.8 Å². The summed E-state index contributed by atoms with van der Waals surface area (Å²) in [6.07, 6.45) is 0. The van der Waals surface area contributed by atoms with Crippen LogP contribution in [0.1, 0.15) is 15.9 Å². The molecule has 1 fully saturated rings. The lowest BCUT2D eigenvalue weighted by Gasteiger charge is -2.36. The second kappa shape index (κ2) is 7.17. The van der Waals surface area contributed by atoms with E-state index in [1.54, 1.807) is 0 Å². The number of benzene rings is 1. The fraction of sp³-hybridized carbons (Fsp3) is 0.400. The largest absolute Gasteiger partial charge is 0.465 e. The van der Waals surface area contributed by atoms with Crippen molar-refractivity contribution in [3.63, 3.8) is 0 Å². The Kier molecular flexibility index (Phi) is 4.72. The molecule has 142 valence electrons. The van der Waals surface area contributed by atoms with Gasteiger partial charge in [-0.25, -0.2) is 9.78 Å². The van der Waals surface area contributed by atoms with Gasteiger partial charge < -0.3 is 14.7 Å². The van der Waals surface area contributed by atoms with E-state index in [9.17, 15) is 4.79 Å². The maximum atomic E-state index is 12.4. The maximum absolute atomic E-state index is 12.4. The molecule has 0 radical (unpaired) electrons. The van der Waals surface area contributed by atoms with Crippen molar-refractivity contribution < 1.29 is 14.6 Å². The number of nitrogens with zero attached hydrogens (tertiary/aromatic N) is 4. The third-order valence-electron chi connectivity index (χ3n) is 5.26. The summed E-state index contributed by atoms with van der Waals surface area (Å²) >= 11 is 0. The predicted octanol–water partition coefficient (Wildman–Crippen LogP) is 1.70. The van der Waals surface area contributed by atoms with E-state index in [1.807, 2.05) is 31.2 Å². The number of aromatic nitrogens is 2. The van der Waals surface area contributed by atoms with Crippen LogP contribution in [0, 0.1) is 6.92 Å². The summed E-state index contributed by atoms with van der Waals surface area (Å²) in [5, 5.41) is 9.16. The fourth-order valence-electron chi connectivity index (χ4n) is 3.86. The van der Waals surface area contributed by atoms with Crippen molar-refractivity contribution in [2.45, 2.75) is 6.92 Å². The van der Waals surface area contributed by atoms with Crippen LogP contribution in [0.3, 0.4) is 0 Å². The van der Waals surface area contributed by atoms with Crippen LogP contribution >= 0.6 is 0 Å². The number of fused-ring (bicyclic) bond motifs is 3. The summed E-state index contributed by atoms with van der Waals surface area (Å²) in [5.41, 5.74) is 3.84. The van der Waals surface area contributed by atoms with E-state index in [1.165, 1.54) is 7.11 Å². The quantitative estimate of drug-likeness (QED) is 0.707. The molecule has 1 saturated heterocycles. The Hall–Kier alpha value is -2.64. The summed E-state index contributed by atoms with van der Waals surface area (Å²) < 4.78 is 7.08. The predicted molar refractivity (Wildman–Crippen MR) is 105 cm³/mol. The summed E-state index contributed by atoms with van der Waals surface area (Å²) in [4.78, 5) is 21.7. The summed E-state index contributed by atoms with van der Waals surface area (Å²) in [7, 11) is 1.40. The first-order chi connectivity index (χ1) is 13.1. The molecule has 0 atom stereocenters. The van der Waals surface area contributed by atoms with Crippen molar-refractivity contribution >= 4 is 28.5 Å². The maximum Gasteiger partial charge on any atom is 0.341 e. The highest BCUT2D eigenvalue weighted by Gasteiger charge is 2.24. The van der Waals surface area contributed by atoms with Crippen molar-refractivity contribution in [2.75, 3.05) is 51.3 Å². The van der Waals surface area contributed by atoms with Gasteiger partial charge in [0, 0.05) is 32.7 Å². The molecule has 0 bridgehead atoms. The minimum Gasteiger partial charge on any atom is -0.465 e. The molecule has 0 saturated carbocycles. The number of aliphatic hydroxyl groups excluding tert-OH is 1. The monoisotopic (exact) mass is 368 g/mol. The molecule has 1 aliphatic heterocycles. The van der Waals surface area contributed by atoms with Crippen LogP contribution in [0.2, 0.25) is 0 Å². The molecule has 7 heteroatoms. The van der Waals surface area contributed by atoms with Crippen LogP contribution in [0.15, 0.2) is 30.3 Å². The van der Waals surface area contributed by atoms with Gasteiger partial charge in [0.05, 0.1) is 24.8 Å². The van der Waals surface area contributed by atoms with Gasteiger partial charge in [-0.2, -0.15) is 0 Å². The fourth-order valence-corrected chi connectivity index (χ4v) is 3.86. The number of methoxy groups -OCH3 is 1. The number of imidazole rings is 1. The van der Waals surface area contributed by atoms with E-state index in [-0.39, 0.29) is 12.6 Å². The van der Waals surface area contributed by atoms with Gasteiger partial charge in [-0.05, 0) is 30.7 Å². The van der Waals surface area contributed by atoms with E-state index in [2.05, 4.69) is 20.3 Å². The van der Waals surface area contributed by atoms with Crippen LogP contribution in [0.5, 0.6) is 0 Å². The number of rotatable bonds is 4. The molecule has 0 spiro atoms. The van der Waals surface area contributed by atoms with Crippen LogP contribution in [-0.4, -0.2) is 71.8 Å². The van der Waals surface area contributed by atoms with Crippen molar-refractivity contribution in [1.29, 1.82) is 0 Å². The molecule has 4 rings (SSSR count). The minimum atomic E-state index is -0.368. The topological polar surface area (TPSA) is 70.3 Å². The number of aryl methyl sites for hydroxylation is 1. The standard InChI is InChI=1S/C20H24N4O3/c1-14-13-17(23-9-7-22(8-10-23)11-12-25)24-16-6-4-3-5-15(16)21-19(24)18(14)20(26)27-2/h3-6,13,25H,7-12H2,1-2H3. The molecule has 0 aliphatic carbocycles. The molecule has 1 aliphatic rings. The lowest BCUT2D eigenvalue weighted by atomic mass is 10.1. The van der Waals surface area contributed by atoms with Crippen molar-refractivity contribution in [2.24, 2.45) is 0 Å². The summed E-state index contributed by atoms with van der Waals surface area (Å²) in [6, 6.07) is 9.97. The number of hydrogen-bond acceptors (Lipinski definition) is 6. The number of para-hydroxylation sites is 2. The number of pyridine rings is 1. The van der Waals surface area contributed by atoms with Crippen molar-refractivity contribution in [1.82, 2.24) is 14.3 Å². The number of carbonyl (C=O) groups excluding carboxylic acids is 1. The number of carbonyl (C=O) groups is 1. The average Bonchev–Trinajstić information content (AvgIpc) is 3.07. The number of β-amino-alcohol motifs (C(OH)–C–C–N with tert-alkyl or cyclic N) is 1. The van der Waals surface area contributed by atoms with E-state index < -0.39 is 0 Å². The highest BCUT2D eigenvalue weighted by Crippen LogP contribution is 2.30. The SMILES string of the molecule is COC(=O)c1c(C)cc(N2CCN(CCO)CC2)n2c1nc1ccccc12. The Balaban J connectivity index is 1.87. The molecule has 2 aromatic heterocycles. The number of piperazine rings is 1. The second-order valence-electron chi connectivity index (χ2n) is 6.86. The Bertz CT molecular complexity index is 990. The smallest absolute Gasteiger partial charge is 0.341 e. The second-order valence-corrected chi connectivity index (χ2v) is 6.86. The van der Waals surface area contributed by atoms with Gasteiger partial charge in [-0.1, -0.05) is 12.1 Å². The molecule has 7 nitrogen and oxygen atoms in total. The zero-order valence-corrected chi connectivity index (χ0v) is 15.7. The average molecular weight is 368 g/mol. The highest BCUT2D eigenvalue weighted by molar-refractivity contribution is 6.00. The number of hydrogen-bond donors (Lipinski definition) is 1. The number of anilines is 1. The van der Waals surface area contributed by atoms with Gasteiger partial charge in [0.15, 0.2) is 5.65 Å². The first kappa shape index (κ1) is 17.8. The van der Waals surface area contributed by atoms with Gasteiger partial charge in [0.2, 0.25) is 0 Å². The summed E-state index contributed by atoms with van der Waals surface area (Å²) in [5.74, 6) is 0.666. The van der Waals surface area contributed by atoms with Crippen LogP contribution in [-0.2, 0) is 4.74 Å². The molecular formula is C20H24N4O3. The van der Waals surface area contributed by atoms with E-state index in [4.69, 9.17) is 14.8 Å². The minimum absolute atomic E-state index is 0.184. The number of esters is 1. The Morgan fingerprint density at radius 3 is 2.67 bits per heavy atom. The molecule has 1 N–H and O–H groups in total. The van der Waals surface area contributed by atoms with Gasteiger partial charge in [0.1, 0.15) is 11.4 Å². The first-order valence-electron chi connectivity index (χ1n) is 9.21. The normalized spacial score (nSPS) is 15.6. The molecule has 27 heavy (non-hydrogen) atoms. The Morgan fingerprint density at radius 1 is 1.22 bits per heavy atom. The van der Waals surface area contributed by atoms with Crippen molar-refractivity contribution in [3.05, 3.63) is 41.5 Å². The molecule has 1 aromatic carbocycles. The molecule has 0 amide bonds. The third-order valence-corrected chi connectivity index (χ3v) is 5.26. The lowest BCUT2D eigenvalue weighted by Crippen LogP contribution is -2.47. The molecule has 3 heterocycles. The Labute approximate surface area is 157 Å². The first-order valence-corrected chi connectivity index (χ1v) is 9.21. The number of aliphatic hydroxyl groups is 1. The van der Waals surface area contributed by atoms with Crippen molar-refractivity contribution in [3.8, 4) is 0 Å². The van der Waals surface area contributed by atoms with Gasteiger partial charge >= 0.3 is 5.97 Å². The zero-order chi connectivity index (χ0) is 19.0. The Morgan fingerprint density at radius 2 is 1.96 bits per heavy atom. The third kappa shape index (κ3) is 3.02. The van der Waals surface area contributed by atoms with E-state index in [0.717, 1.165) is 48.6 Å². The highest BCUT2D eigenvalue weighted by atomic mass is 16.5. The summed E-state index contributed by atoms with van der Waals surface area (Å²) in [6.45, 7) is 6.33. The van der Waals surface area contributed by atoms with E-state index >= 15 is 0 Å². The van der Waals surface area contributed by atoms with Crippen LogP contribution in [0.4, 0.5) is 5.82 Å². The van der Waals surface area contributed by atoms with Gasteiger partial charge in [-0.15, -0.1) is 0 Å². The molecular weight excluding hydrogens is 344 g/mol. The molecule has 0 unspecified atom stereocenters. The van der Waals surface area contributed by atoms with Gasteiger partial charge in [0.25, 0.3) is 0 Å². The zero-order valence-electron chi connectivity index (χ0n) is 15.7. The van der Waals surface area contributed by atoms with Crippen LogP contribution < -0.4 is 4.90 Å². The van der Waals surface area contributed by atoms with Crippen LogP contribution in [0.25, 0.3) is 16.7 Å². The molecule has 3 aromatic rings. The number of ether oxygens (including phenoxy) is 1.